The summed E-state index contributed by atoms with van der Waals surface area (Å²) in [6.07, 6.45) is 0. The number of halogens is 1. The average Bonchev–Trinajstić information content (AvgIpc) is 3.41. The van der Waals surface area contributed by atoms with Gasteiger partial charge in [-0.05, 0) is 70.3 Å². The molecular formula is C39H22BFN4. The van der Waals surface area contributed by atoms with Crippen LogP contribution in [0.15, 0.2) is 109 Å². The van der Waals surface area contributed by atoms with Crippen molar-refractivity contribution in [1.82, 2.24) is 4.57 Å². The van der Waals surface area contributed by atoms with Gasteiger partial charge in [-0.15, -0.1) is 0 Å². The van der Waals surface area contributed by atoms with Crippen molar-refractivity contribution in [3.05, 3.63) is 132 Å². The Balaban J connectivity index is 1.43. The molecule has 7 aromatic rings. The van der Waals surface area contributed by atoms with E-state index in [1.165, 1.54) is 28.6 Å². The first-order valence-electron chi connectivity index (χ1n) is 14.9. The molecule has 208 valence electrons. The number of rotatable bonds is 2. The zero-order valence-corrected chi connectivity index (χ0v) is 24.2. The van der Waals surface area contributed by atoms with Crippen molar-refractivity contribution in [2.45, 2.75) is 6.92 Å². The minimum absolute atomic E-state index is 0.0639. The highest BCUT2D eigenvalue weighted by Crippen LogP contribution is 2.41. The van der Waals surface area contributed by atoms with Crippen molar-refractivity contribution in [3.8, 4) is 40.1 Å². The fraction of sp³-hybridized carbons (Fsp3) is 0.0256. The Bertz CT molecular complexity index is 2530. The van der Waals surface area contributed by atoms with Crippen molar-refractivity contribution in [2.75, 3.05) is 5.32 Å². The molecule has 0 spiro atoms. The highest BCUT2D eigenvalue weighted by Gasteiger charge is 2.40. The number of para-hydroxylation sites is 3. The van der Waals surface area contributed by atoms with Gasteiger partial charge in [0.2, 0.25) is 0 Å². The molecule has 0 amide bonds. The number of fused-ring (bicyclic) bond motifs is 7. The van der Waals surface area contributed by atoms with Crippen LogP contribution in [0.4, 0.5) is 15.8 Å². The van der Waals surface area contributed by atoms with Gasteiger partial charge in [-0.1, -0.05) is 78.9 Å². The van der Waals surface area contributed by atoms with Crippen LogP contribution in [-0.4, -0.2) is 11.3 Å². The summed E-state index contributed by atoms with van der Waals surface area (Å²) in [7, 11) is 0. The van der Waals surface area contributed by atoms with E-state index in [0.717, 1.165) is 55.5 Å². The number of hydrogen-bond acceptors (Lipinski definition) is 3. The van der Waals surface area contributed by atoms with Crippen LogP contribution in [0.2, 0.25) is 0 Å². The maximum Gasteiger partial charge on any atom is 0.252 e. The lowest BCUT2D eigenvalue weighted by atomic mass is 9.34. The summed E-state index contributed by atoms with van der Waals surface area (Å²) in [6.45, 7) is 2.06. The number of anilines is 2. The van der Waals surface area contributed by atoms with Gasteiger partial charge in [0, 0.05) is 44.5 Å². The SMILES string of the molecule is Cc1ccccc1-c1cccc2c1Nc1cc(-c3c(F)cc(C#N)cc3C#N)cc3c1B2c1cccc2c4ccccc4n-3c12. The molecule has 3 heterocycles. The third-order valence-electron chi connectivity index (χ3n) is 9.46. The van der Waals surface area contributed by atoms with Crippen molar-refractivity contribution < 1.29 is 4.39 Å². The Kier molecular flexibility index (Phi) is 5.19. The van der Waals surface area contributed by atoms with Gasteiger partial charge in [0.05, 0.1) is 28.8 Å². The molecule has 0 radical (unpaired) electrons. The zero-order valence-electron chi connectivity index (χ0n) is 24.2. The Hall–Kier alpha value is -6.11. The van der Waals surface area contributed by atoms with Crippen molar-refractivity contribution >= 4 is 56.3 Å². The van der Waals surface area contributed by atoms with Gasteiger partial charge in [-0.2, -0.15) is 10.5 Å². The molecule has 6 heteroatoms. The van der Waals surface area contributed by atoms with E-state index in [9.17, 15) is 10.5 Å². The lowest BCUT2D eigenvalue weighted by Gasteiger charge is -2.35. The quantitative estimate of drug-likeness (QED) is 0.222. The number of hydrogen-bond donors (Lipinski definition) is 1. The predicted octanol–water partition coefficient (Wildman–Crippen LogP) is 7.20. The van der Waals surface area contributed by atoms with E-state index in [2.05, 4.69) is 102 Å². The lowest BCUT2D eigenvalue weighted by Crippen LogP contribution is -2.59. The highest BCUT2D eigenvalue weighted by atomic mass is 19.1. The molecule has 2 aliphatic rings. The standard InChI is InChI=1S/C39H22BFN4/c1-22-8-2-3-9-26(22)28-11-6-13-30-38(28)44-33-18-24(36-25(21-43)16-23(20-42)17-32(36)41)19-35-37(33)40(30)31-14-7-12-29-27-10-4-5-15-34(27)45(35)39(29)31/h2-19,44H,1H3. The molecule has 0 saturated heterocycles. The highest BCUT2D eigenvalue weighted by molar-refractivity contribution is 7.00. The molecule has 2 aliphatic heterocycles. The van der Waals surface area contributed by atoms with Crippen molar-refractivity contribution in [2.24, 2.45) is 0 Å². The summed E-state index contributed by atoms with van der Waals surface area (Å²) in [4.78, 5) is 0. The largest absolute Gasteiger partial charge is 0.356 e. The smallest absolute Gasteiger partial charge is 0.252 e. The summed E-state index contributed by atoms with van der Waals surface area (Å²) >= 11 is 0. The molecule has 1 aromatic heterocycles. The van der Waals surface area contributed by atoms with Gasteiger partial charge in [0.15, 0.2) is 0 Å². The van der Waals surface area contributed by atoms with E-state index in [-0.39, 0.29) is 23.4 Å². The molecule has 0 atom stereocenters. The Morgan fingerprint density at radius 2 is 1.51 bits per heavy atom. The van der Waals surface area contributed by atoms with Crippen LogP contribution in [0.3, 0.4) is 0 Å². The molecule has 1 N–H and O–H groups in total. The lowest BCUT2D eigenvalue weighted by molar-refractivity contribution is 0.630. The molecule has 0 aliphatic carbocycles. The average molecular weight is 576 g/mol. The molecule has 0 fully saturated rings. The number of benzene rings is 6. The number of aryl methyl sites for hydroxylation is 1. The van der Waals surface area contributed by atoms with Gasteiger partial charge in [0.1, 0.15) is 5.82 Å². The molecule has 9 rings (SSSR count). The van der Waals surface area contributed by atoms with Gasteiger partial charge in [-0.25, -0.2) is 4.39 Å². The van der Waals surface area contributed by atoms with E-state index in [0.29, 0.717) is 5.56 Å². The van der Waals surface area contributed by atoms with Crippen LogP contribution in [0.5, 0.6) is 0 Å². The number of nitriles is 2. The van der Waals surface area contributed by atoms with Crippen LogP contribution in [0.25, 0.3) is 49.7 Å². The van der Waals surface area contributed by atoms with E-state index < -0.39 is 5.82 Å². The van der Waals surface area contributed by atoms with Gasteiger partial charge < -0.3 is 9.88 Å². The molecule has 0 unspecified atom stereocenters. The minimum Gasteiger partial charge on any atom is -0.356 e. The normalized spacial score (nSPS) is 12.3. The summed E-state index contributed by atoms with van der Waals surface area (Å²) in [5, 5.41) is 25.7. The van der Waals surface area contributed by atoms with Gasteiger partial charge in [-0.3, -0.25) is 0 Å². The Morgan fingerprint density at radius 1 is 0.756 bits per heavy atom. The summed E-state index contributed by atoms with van der Waals surface area (Å²) in [6, 6.07) is 40.6. The first-order chi connectivity index (χ1) is 22.1. The molecule has 0 saturated carbocycles. The summed E-state index contributed by atoms with van der Waals surface area (Å²) in [5.74, 6) is -0.593. The predicted molar refractivity (Wildman–Crippen MR) is 180 cm³/mol. The Labute approximate surface area is 259 Å². The van der Waals surface area contributed by atoms with Gasteiger partial charge >= 0.3 is 0 Å². The minimum atomic E-state index is -0.593. The fourth-order valence-corrected chi connectivity index (χ4v) is 7.62. The number of aromatic nitrogens is 1. The maximum atomic E-state index is 15.8. The van der Waals surface area contributed by atoms with Gasteiger partial charge in [0.25, 0.3) is 6.71 Å². The zero-order chi connectivity index (χ0) is 30.4. The summed E-state index contributed by atoms with van der Waals surface area (Å²) < 4.78 is 18.1. The van der Waals surface area contributed by atoms with Crippen LogP contribution >= 0.6 is 0 Å². The second kappa shape index (κ2) is 9.20. The van der Waals surface area contributed by atoms with E-state index in [1.54, 1.807) is 0 Å². The third kappa shape index (κ3) is 3.40. The number of nitrogens with zero attached hydrogens (tertiary/aromatic N) is 3. The topological polar surface area (TPSA) is 64.5 Å². The molecule has 6 aromatic carbocycles. The third-order valence-corrected chi connectivity index (χ3v) is 9.46. The first kappa shape index (κ1) is 25.4. The first-order valence-corrected chi connectivity index (χ1v) is 14.9. The monoisotopic (exact) mass is 576 g/mol. The van der Waals surface area contributed by atoms with Crippen LogP contribution < -0.4 is 21.7 Å². The molecule has 45 heavy (non-hydrogen) atoms. The molecule has 4 nitrogen and oxygen atoms in total. The van der Waals surface area contributed by atoms with Crippen molar-refractivity contribution in [3.63, 3.8) is 0 Å². The summed E-state index contributed by atoms with van der Waals surface area (Å²) in [5.41, 5.74) is 13.0. The van der Waals surface area contributed by atoms with E-state index >= 15 is 4.39 Å². The van der Waals surface area contributed by atoms with Crippen LogP contribution in [0.1, 0.15) is 16.7 Å². The van der Waals surface area contributed by atoms with E-state index in [4.69, 9.17) is 0 Å². The van der Waals surface area contributed by atoms with Crippen LogP contribution in [0, 0.1) is 35.4 Å². The second-order valence-corrected chi connectivity index (χ2v) is 11.8. The fourth-order valence-electron chi connectivity index (χ4n) is 7.62. The second-order valence-electron chi connectivity index (χ2n) is 11.8. The van der Waals surface area contributed by atoms with E-state index in [1.807, 2.05) is 24.3 Å². The molecule has 0 bridgehead atoms. The molecular weight excluding hydrogens is 554 g/mol. The maximum absolute atomic E-state index is 15.8. The van der Waals surface area contributed by atoms with Crippen LogP contribution in [-0.2, 0) is 0 Å². The Morgan fingerprint density at radius 3 is 2.36 bits per heavy atom. The van der Waals surface area contributed by atoms with Crippen molar-refractivity contribution in [1.29, 1.82) is 10.5 Å². The number of nitrogens with one attached hydrogen (secondary N) is 1.